The summed E-state index contributed by atoms with van der Waals surface area (Å²) in [5.74, 6) is 0.783. The van der Waals surface area contributed by atoms with Gasteiger partial charge in [0.1, 0.15) is 5.82 Å². The summed E-state index contributed by atoms with van der Waals surface area (Å²) in [4.78, 5) is 6.27. The third kappa shape index (κ3) is 2.88. The standard InChI is InChI=1S/C13H14ClN3/c1-17(13-12(14)3-2-8-16-13)9-10-4-6-11(15)7-5-10/h2-8H,9,15H2,1H3. The molecule has 17 heavy (non-hydrogen) atoms. The minimum absolute atomic E-state index is 0.658. The molecule has 88 valence electrons. The predicted molar refractivity (Wildman–Crippen MR) is 72.2 cm³/mol. The summed E-state index contributed by atoms with van der Waals surface area (Å²) in [6.45, 7) is 0.747. The summed E-state index contributed by atoms with van der Waals surface area (Å²) in [5.41, 5.74) is 7.59. The monoisotopic (exact) mass is 247 g/mol. The fourth-order valence-electron chi connectivity index (χ4n) is 1.63. The van der Waals surface area contributed by atoms with E-state index in [9.17, 15) is 0 Å². The molecule has 0 saturated carbocycles. The molecular formula is C13H14ClN3. The number of halogens is 1. The Balaban J connectivity index is 2.14. The van der Waals surface area contributed by atoms with Gasteiger partial charge in [-0.25, -0.2) is 4.98 Å². The molecule has 0 radical (unpaired) electrons. The van der Waals surface area contributed by atoms with Gasteiger partial charge in [0.15, 0.2) is 0 Å². The second-order valence-electron chi connectivity index (χ2n) is 3.91. The SMILES string of the molecule is CN(Cc1ccc(N)cc1)c1ncccc1Cl. The molecule has 2 rings (SSSR count). The Labute approximate surface area is 106 Å². The number of pyridine rings is 1. The van der Waals surface area contributed by atoms with Crippen molar-refractivity contribution in [1.29, 1.82) is 0 Å². The number of aromatic nitrogens is 1. The van der Waals surface area contributed by atoms with Gasteiger partial charge in [-0.1, -0.05) is 23.7 Å². The van der Waals surface area contributed by atoms with Gasteiger partial charge in [0.05, 0.1) is 5.02 Å². The highest BCUT2D eigenvalue weighted by molar-refractivity contribution is 6.32. The van der Waals surface area contributed by atoms with E-state index in [0.717, 1.165) is 18.1 Å². The molecule has 0 bridgehead atoms. The highest BCUT2D eigenvalue weighted by Gasteiger charge is 2.07. The van der Waals surface area contributed by atoms with Crippen molar-refractivity contribution in [3.8, 4) is 0 Å². The van der Waals surface area contributed by atoms with Crippen LogP contribution in [0.25, 0.3) is 0 Å². The number of hydrogen-bond acceptors (Lipinski definition) is 3. The average molecular weight is 248 g/mol. The highest BCUT2D eigenvalue weighted by atomic mass is 35.5. The van der Waals surface area contributed by atoms with Gasteiger partial charge in [0.25, 0.3) is 0 Å². The van der Waals surface area contributed by atoms with Gasteiger partial charge in [-0.2, -0.15) is 0 Å². The van der Waals surface area contributed by atoms with E-state index in [1.54, 1.807) is 6.20 Å². The van der Waals surface area contributed by atoms with Gasteiger partial charge >= 0.3 is 0 Å². The van der Waals surface area contributed by atoms with Gasteiger partial charge in [0.2, 0.25) is 0 Å². The first-order chi connectivity index (χ1) is 8.16. The summed E-state index contributed by atoms with van der Waals surface area (Å²) >= 11 is 6.09. The van der Waals surface area contributed by atoms with E-state index < -0.39 is 0 Å². The normalized spacial score (nSPS) is 10.2. The van der Waals surface area contributed by atoms with Gasteiger partial charge in [0, 0.05) is 25.5 Å². The molecule has 0 aliphatic heterocycles. The Bertz CT molecular complexity index is 496. The topological polar surface area (TPSA) is 42.1 Å². The molecule has 2 aromatic rings. The van der Waals surface area contributed by atoms with Crippen molar-refractivity contribution in [3.05, 3.63) is 53.2 Å². The van der Waals surface area contributed by atoms with E-state index in [2.05, 4.69) is 4.98 Å². The van der Waals surface area contributed by atoms with Crippen LogP contribution < -0.4 is 10.6 Å². The lowest BCUT2D eigenvalue weighted by Crippen LogP contribution is -2.17. The number of nitrogen functional groups attached to an aromatic ring is 1. The lowest BCUT2D eigenvalue weighted by molar-refractivity contribution is 0.898. The van der Waals surface area contributed by atoms with E-state index in [0.29, 0.717) is 5.02 Å². The molecule has 1 aromatic carbocycles. The Morgan fingerprint density at radius 3 is 2.59 bits per heavy atom. The first-order valence-electron chi connectivity index (χ1n) is 5.33. The molecule has 0 unspecified atom stereocenters. The molecular weight excluding hydrogens is 234 g/mol. The van der Waals surface area contributed by atoms with Crippen molar-refractivity contribution in [2.45, 2.75) is 6.54 Å². The van der Waals surface area contributed by atoms with Crippen LogP contribution in [0.1, 0.15) is 5.56 Å². The summed E-state index contributed by atoms with van der Waals surface area (Å²) in [7, 11) is 1.96. The number of nitrogens with zero attached hydrogens (tertiary/aromatic N) is 2. The fraction of sp³-hybridized carbons (Fsp3) is 0.154. The van der Waals surface area contributed by atoms with E-state index in [1.165, 1.54) is 5.56 Å². The first-order valence-corrected chi connectivity index (χ1v) is 5.70. The molecule has 0 fully saturated rings. The second kappa shape index (κ2) is 5.06. The quantitative estimate of drug-likeness (QED) is 0.848. The van der Waals surface area contributed by atoms with E-state index >= 15 is 0 Å². The molecule has 2 N–H and O–H groups in total. The zero-order chi connectivity index (χ0) is 12.3. The third-order valence-corrected chi connectivity index (χ3v) is 2.80. The Kier molecular flexibility index (Phi) is 3.49. The van der Waals surface area contributed by atoms with Gasteiger partial charge in [-0.15, -0.1) is 0 Å². The second-order valence-corrected chi connectivity index (χ2v) is 4.31. The molecule has 1 heterocycles. The summed E-state index contributed by atoms with van der Waals surface area (Å²) in [6.07, 6.45) is 1.74. The largest absolute Gasteiger partial charge is 0.399 e. The lowest BCUT2D eigenvalue weighted by Gasteiger charge is -2.19. The van der Waals surface area contributed by atoms with Gasteiger partial charge < -0.3 is 10.6 Å². The van der Waals surface area contributed by atoms with Crippen LogP contribution in [-0.2, 0) is 6.54 Å². The van der Waals surface area contributed by atoms with Gasteiger partial charge in [-0.05, 0) is 29.8 Å². The number of anilines is 2. The maximum Gasteiger partial charge on any atom is 0.147 e. The number of rotatable bonds is 3. The summed E-state index contributed by atoms with van der Waals surface area (Å²) in [5, 5.41) is 0.658. The first kappa shape index (κ1) is 11.7. The van der Waals surface area contributed by atoms with Crippen LogP contribution >= 0.6 is 11.6 Å². The van der Waals surface area contributed by atoms with Crippen LogP contribution in [0, 0.1) is 0 Å². The molecule has 0 spiro atoms. The Morgan fingerprint density at radius 2 is 1.94 bits per heavy atom. The number of nitrogens with two attached hydrogens (primary N) is 1. The smallest absolute Gasteiger partial charge is 0.147 e. The molecule has 4 heteroatoms. The predicted octanol–water partition coefficient (Wildman–Crippen LogP) is 2.95. The average Bonchev–Trinajstić information content (AvgIpc) is 2.32. The van der Waals surface area contributed by atoms with Crippen LogP contribution in [0.5, 0.6) is 0 Å². The molecule has 0 aliphatic rings. The number of benzene rings is 1. The van der Waals surface area contributed by atoms with Crippen LogP contribution in [0.15, 0.2) is 42.6 Å². The highest BCUT2D eigenvalue weighted by Crippen LogP contribution is 2.22. The Morgan fingerprint density at radius 1 is 1.24 bits per heavy atom. The molecule has 0 amide bonds. The maximum absolute atomic E-state index is 6.09. The van der Waals surface area contributed by atoms with E-state index in [1.807, 2.05) is 48.3 Å². The van der Waals surface area contributed by atoms with Crippen LogP contribution in [0.3, 0.4) is 0 Å². The summed E-state index contributed by atoms with van der Waals surface area (Å²) < 4.78 is 0. The molecule has 0 saturated heterocycles. The molecule has 0 atom stereocenters. The van der Waals surface area contributed by atoms with Crippen LogP contribution in [-0.4, -0.2) is 12.0 Å². The molecule has 3 nitrogen and oxygen atoms in total. The van der Waals surface area contributed by atoms with E-state index in [-0.39, 0.29) is 0 Å². The third-order valence-electron chi connectivity index (χ3n) is 2.50. The van der Waals surface area contributed by atoms with Crippen LogP contribution in [0.2, 0.25) is 5.02 Å². The summed E-state index contributed by atoms with van der Waals surface area (Å²) in [6, 6.07) is 11.4. The molecule has 0 aliphatic carbocycles. The zero-order valence-corrected chi connectivity index (χ0v) is 10.4. The van der Waals surface area contributed by atoms with Crippen molar-refractivity contribution < 1.29 is 0 Å². The zero-order valence-electron chi connectivity index (χ0n) is 9.60. The van der Waals surface area contributed by atoms with Crippen molar-refractivity contribution >= 4 is 23.1 Å². The van der Waals surface area contributed by atoms with Crippen molar-refractivity contribution in [3.63, 3.8) is 0 Å². The molecule has 1 aromatic heterocycles. The van der Waals surface area contributed by atoms with Crippen molar-refractivity contribution in [2.24, 2.45) is 0 Å². The van der Waals surface area contributed by atoms with Gasteiger partial charge in [-0.3, -0.25) is 0 Å². The maximum atomic E-state index is 6.09. The Hall–Kier alpha value is -1.74. The van der Waals surface area contributed by atoms with Crippen LogP contribution in [0.4, 0.5) is 11.5 Å². The fourth-order valence-corrected chi connectivity index (χ4v) is 1.90. The lowest BCUT2D eigenvalue weighted by atomic mass is 10.2. The van der Waals surface area contributed by atoms with E-state index in [4.69, 9.17) is 17.3 Å². The minimum atomic E-state index is 0.658. The minimum Gasteiger partial charge on any atom is -0.399 e. The van der Waals surface area contributed by atoms with Crippen molar-refractivity contribution in [2.75, 3.05) is 17.7 Å². The number of hydrogen-bond donors (Lipinski definition) is 1. The van der Waals surface area contributed by atoms with Crippen molar-refractivity contribution in [1.82, 2.24) is 4.98 Å².